The smallest absolute Gasteiger partial charge is 0.225 e. The second-order valence-electron chi connectivity index (χ2n) is 4.58. The fourth-order valence-corrected chi connectivity index (χ4v) is 2.27. The number of aryl methyl sites for hydroxylation is 1. The first-order valence-corrected chi connectivity index (χ1v) is 5.97. The van der Waals surface area contributed by atoms with Crippen LogP contribution in [0.25, 0.3) is 0 Å². The van der Waals surface area contributed by atoms with E-state index in [4.69, 9.17) is 4.52 Å². The average molecular weight is 222 g/mol. The van der Waals surface area contributed by atoms with Gasteiger partial charge in [0, 0.05) is 12.5 Å². The first-order valence-electron chi connectivity index (χ1n) is 5.97. The normalized spacial score (nSPS) is 17.3. The first-order chi connectivity index (χ1) is 7.74. The lowest BCUT2D eigenvalue weighted by atomic mass is 9.87. The van der Waals surface area contributed by atoms with Crippen LogP contribution in [0.5, 0.6) is 0 Å². The van der Waals surface area contributed by atoms with Crippen molar-refractivity contribution in [3.63, 3.8) is 0 Å². The van der Waals surface area contributed by atoms with Gasteiger partial charge >= 0.3 is 0 Å². The predicted molar refractivity (Wildman–Crippen MR) is 61.1 cm³/mol. The number of amides is 1. The summed E-state index contributed by atoms with van der Waals surface area (Å²) in [6, 6.07) is 1.73. The number of rotatable bonds is 3. The highest BCUT2D eigenvalue weighted by Crippen LogP contribution is 2.26. The predicted octanol–water partition coefficient (Wildman–Crippen LogP) is 2.89. The molecule has 1 heterocycles. The Morgan fingerprint density at radius 1 is 1.50 bits per heavy atom. The van der Waals surface area contributed by atoms with Gasteiger partial charge < -0.3 is 9.84 Å². The lowest BCUT2D eigenvalue weighted by Crippen LogP contribution is -2.18. The van der Waals surface area contributed by atoms with Gasteiger partial charge in [-0.1, -0.05) is 24.4 Å². The van der Waals surface area contributed by atoms with Crippen molar-refractivity contribution in [2.75, 3.05) is 5.32 Å². The molecule has 4 heteroatoms. The molecule has 0 aliphatic heterocycles. The fraction of sp³-hybridized carbons (Fsp3) is 0.667. The average Bonchev–Trinajstić information content (AvgIpc) is 2.65. The van der Waals surface area contributed by atoms with Crippen LogP contribution in [0.4, 0.5) is 5.82 Å². The zero-order valence-corrected chi connectivity index (χ0v) is 9.66. The van der Waals surface area contributed by atoms with Gasteiger partial charge in [-0.25, -0.2) is 0 Å². The minimum Gasteiger partial charge on any atom is -0.360 e. The van der Waals surface area contributed by atoms with Crippen molar-refractivity contribution in [1.29, 1.82) is 0 Å². The summed E-state index contributed by atoms with van der Waals surface area (Å²) >= 11 is 0. The largest absolute Gasteiger partial charge is 0.360 e. The van der Waals surface area contributed by atoms with Crippen LogP contribution in [0.3, 0.4) is 0 Å². The molecule has 1 fully saturated rings. The highest BCUT2D eigenvalue weighted by Gasteiger charge is 2.17. The van der Waals surface area contributed by atoms with Crippen molar-refractivity contribution in [3.8, 4) is 0 Å². The van der Waals surface area contributed by atoms with Crippen molar-refractivity contribution < 1.29 is 9.32 Å². The van der Waals surface area contributed by atoms with E-state index in [1.807, 2.05) is 6.92 Å². The van der Waals surface area contributed by atoms with E-state index in [1.165, 1.54) is 32.1 Å². The molecule has 4 nitrogen and oxygen atoms in total. The van der Waals surface area contributed by atoms with Gasteiger partial charge in [0.2, 0.25) is 5.91 Å². The quantitative estimate of drug-likeness (QED) is 0.855. The van der Waals surface area contributed by atoms with Crippen molar-refractivity contribution >= 4 is 11.7 Å². The molecule has 1 aromatic rings. The summed E-state index contributed by atoms with van der Waals surface area (Å²) in [5, 5.41) is 6.51. The minimum atomic E-state index is 0.0557. The zero-order valence-electron chi connectivity index (χ0n) is 9.66. The van der Waals surface area contributed by atoms with Crippen LogP contribution in [-0.2, 0) is 4.79 Å². The Kier molecular flexibility index (Phi) is 3.59. The summed E-state index contributed by atoms with van der Waals surface area (Å²) in [5.41, 5.74) is 0. The summed E-state index contributed by atoms with van der Waals surface area (Å²) in [6.45, 7) is 1.81. The van der Waals surface area contributed by atoms with E-state index < -0.39 is 0 Å². The number of nitrogens with zero attached hydrogens (tertiary/aromatic N) is 1. The Labute approximate surface area is 95.4 Å². The molecule has 2 rings (SSSR count). The number of carbonyl (C=O) groups excluding carboxylic acids is 1. The van der Waals surface area contributed by atoms with Crippen LogP contribution in [0.1, 0.15) is 44.3 Å². The van der Waals surface area contributed by atoms with Gasteiger partial charge in [0.05, 0.1) is 0 Å². The Morgan fingerprint density at radius 2 is 2.25 bits per heavy atom. The molecule has 0 unspecified atom stereocenters. The van der Waals surface area contributed by atoms with Gasteiger partial charge in [0.15, 0.2) is 5.82 Å². The number of nitrogens with one attached hydrogen (secondary N) is 1. The van der Waals surface area contributed by atoms with E-state index in [-0.39, 0.29) is 5.91 Å². The number of carbonyl (C=O) groups is 1. The molecule has 88 valence electrons. The van der Waals surface area contributed by atoms with Gasteiger partial charge in [-0.3, -0.25) is 4.79 Å². The molecule has 0 bridgehead atoms. The van der Waals surface area contributed by atoms with E-state index in [0.717, 1.165) is 0 Å². The van der Waals surface area contributed by atoms with Crippen LogP contribution >= 0.6 is 0 Å². The highest BCUT2D eigenvalue weighted by molar-refractivity contribution is 5.89. The highest BCUT2D eigenvalue weighted by atomic mass is 16.5. The standard InChI is InChI=1S/C12H18N2O2/c1-9-7-11(14-16-9)13-12(15)8-10-5-3-2-4-6-10/h7,10H,2-6,8H2,1H3,(H,13,14,15). The third kappa shape index (κ3) is 3.08. The van der Waals surface area contributed by atoms with Gasteiger partial charge in [-0.05, 0) is 25.7 Å². The fourth-order valence-electron chi connectivity index (χ4n) is 2.27. The van der Waals surface area contributed by atoms with E-state index in [0.29, 0.717) is 23.9 Å². The molecule has 1 aliphatic carbocycles. The zero-order chi connectivity index (χ0) is 11.4. The first kappa shape index (κ1) is 11.2. The SMILES string of the molecule is Cc1cc(NC(=O)CC2CCCCC2)no1. The summed E-state index contributed by atoms with van der Waals surface area (Å²) in [7, 11) is 0. The molecule has 0 aromatic carbocycles. The molecule has 1 aliphatic rings. The second-order valence-corrected chi connectivity index (χ2v) is 4.58. The van der Waals surface area contributed by atoms with E-state index in [9.17, 15) is 4.79 Å². The number of hydrogen-bond acceptors (Lipinski definition) is 3. The summed E-state index contributed by atoms with van der Waals surface area (Å²) in [5.74, 6) is 1.85. The minimum absolute atomic E-state index is 0.0557. The van der Waals surface area contributed by atoms with E-state index >= 15 is 0 Å². The van der Waals surface area contributed by atoms with Crippen molar-refractivity contribution in [3.05, 3.63) is 11.8 Å². The Morgan fingerprint density at radius 3 is 2.88 bits per heavy atom. The second kappa shape index (κ2) is 5.14. The topological polar surface area (TPSA) is 55.1 Å². The Bertz CT molecular complexity index is 354. The van der Waals surface area contributed by atoms with E-state index in [1.54, 1.807) is 6.07 Å². The molecule has 0 radical (unpaired) electrons. The summed E-state index contributed by atoms with van der Waals surface area (Å²) < 4.78 is 4.89. The van der Waals surface area contributed by atoms with Crippen molar-refractivity contribution in [2.24, 2.45) is 5.92 Å². The maximum atomic E-state index is 11.7. The molecule has 16 heavy (non-hydrogen) atoms. The Balaban J connectivity index is 1.79. The van der Waals surface area contributed by atoms with Crippen LogP contribution in [0.15, 0.2) is 10.6 Å². The number of anilines is 1. The molecular formula is C12H18N2O2. The third-order valence-corrected chi connectivity index (χ3v) is 3.09. The van der Waals surface area contributed by atoms with Crippen LogP contribution < -0.4 is 5.32 Å². The molecule has 1 amide bonds. The van der Waals surface area contributed by atoms with E-state index in [2.05, 4.69) is 10.5 Å². The Hall–Kier alpha value is -1.32. The molecule has 1 aromatic heterocycles. The van der Waals surface area contributed by atoms with Crippen LogP contribution in [0.2, 0.25) is 0 Å². The molecule has 1 N–H and O–H groups in total. The monoisotopic (exact) mass is 222 g/mol. The summed E-state index contributed by atoms with van der Waals surface area (Å²) in [4.78, 5) is 11.7. The van der Waals surface area contributed by atoms with Gasteiger partial charge in [-0.2, -0.15) is 0 Å². The molecule has 0 saturated heterocycles. The van der Waals surface area contributed by atoms with Crippen LogP contribution in [-0.4, -0.2) is 11.1 Å². The van der Waals surface area contributed by atoms with Crippen LogP contribution in [0, 0.1) is 12.8 Å². The maximum Gasteiger partial charge on any atom is 0.225 e. The van der Waals surface area contributed by atoms with Gasteiger partial charge in [-0.15, -0.1) is 0 Å². The lowest BCUT2D eigenvalue weighted by Gasteiger charge is -2.20. The van der Waals surface area contributed by atoms with Crippen molar-refractivity contribution in [1.82, 2.24) is 5.16 Å². The number of hydrogen-bond donors (Lipinski definition) is 1. The molecule has 1 saturated carbocycles. The molecular weight excluding hydrogens is 204 g/mol. The number of aromatic nitrogens is 1. The molecule has 0 atom stereocenters. The van der Waals surface area contributed by atoms with Gasteiger partial charge in [0.1, 0.15) is 5.76 Å². The summed E-state index contributed by atoms with van der Waals surface area (Å²) in [6.07, 6.45) is 6.84. The lowest BCUT2D eigenvalue weighted by molar-refractivity contribution is -0.117. The van der Waals surface area contributed by atoms with Gasteiger partial charge in [0.25, 0.3) is 0 Å². The maximum absolute atomic E-state index is 11.7. The van der Waals surface area contributed by atoms with Crippen molar-refractivity contribution in [2.45, 2.75) is 45.4 Å². The third-order valence-electron chi connectivity index (χ3n) is 3.09. The molecule has 0 spiro atoms.